The number of ether oxygens (including phenoxy) is 1. The van der Waals surface area contributed by atoms with Gasteiger partial charge >= 0.3 is 5.97 Å². The Labute approximate surface area is 84.8 Å². The minimum Gasteiger partial charge on any atom is -0.478 e. The molecule has 1 saturated heterocycles. The molecule has 1 aliphatic heterocycles. The van der Waals surface area contributed by atoms with E-state index in [-0.39, 0.29) is 0 Å². The summed E-state index contributed by atoms with van der Waals surface area (Å²) in [6.07, 6.45) is 5.76. The van der Waals surface area contributed by atoms with Gasteiger partial charge in [0.2, 0.25) is 0 Å². The summed E-state index contributed by atoms with van der Waals surface area (Å²) in [6.45, 7) is 5.57. The third-order valence-electron chi connectivity index (χ3n) is 2.61. The normalized spacial score (nSPS) is 24.6. The van der Waals surface area contributed by atoms with Gasteiger partial charge in [0.1, 0.15) is 0 Å². The molecule has 3 nitrogen and oxygen atoms in total. The summed E-state index contributed by atoms with van der Waals surface area (Å²) in [5, 5.41) is 8.55. The molecule has 80 valence electrons. The predicted molar refractivity (Wildman–Crippen MR) is 54.2 cm³/mol. The highest BCUT2D eigenvalue weighted by Crippen LogP contribution is 2.26. The van der Waals surface area contributed by atoms with E-state index in [2.05, 4.69) is 13.5 Å². The van der Waals surface area contributed by atoms with Crippen LogP contribution in [0.4, 0.5) is 0 Å². The zero-order valence-electron chi connectivity index (χ0n) is 8.66. The third-order valence-corrected chi connectivity index (χ3v) is 2.61. The van der Waals surface area contributed by atoms with Crippen molar-refractivity contribution in [3.05, 3.63) is 12.2 Å². The molecule has 2 atom stereocenters. The Hall–Kier alpha value is -0.830. The van der Waals surface area contributed by atoms with Gasteiger partial charge in [0.15, 0.2) is 0 Å². The molecule has 1 fully saturated rings. The Morgan fingerprint density at radius 1 is 1.43 bits per heavy atom. The van der Waals surface area contributed by atoms with Crippen LogP contribution in [0.2, 0.25) is 0 Å². The van der Waals surface area contributed by atoms with E-state index in [0.29, 0.717) is 24.2 Å². The van der Waals surface area contributed by atoms with Gasteiger partial charge in [-0.2, -0.15) is 0 Å². The molecule has 0 aromatic rings. The second-order valence-corrected chi connectivity index (χ2v) is 3.89. The smallest absolute Gasteiger partial charge is 0.330 e. The van der Waals surface area contributed by atoms with Crippen molar-refractivity contribution in [1.29, 1.82) is 0 Å². The summed E-state index contributed by atoms with van der Waals surface area (Å²) in [7, 11) is 0. The van der Waals surface area contributed by atoms with E-state index in [1.807, 2.05) is 0 Å². The van der Waals surface area contributed by atoms with Crippen molar-refractivity contribution in [3.8, 4) is 0 Å². The van der Waals surface area contributed by atoms with Crippen LogP contribution in [0.5, 0.6) is 0 Å². The van der Waals surface area contributed by atoms with Crippen LogP contribution < -0.4 is 0 Å². The van der Waals surface area contributed by atoms with E-state index < -0.39 is 5.97 Å². The van der Waals surface area contributed by atoms with Crippen molar-refractivity contribution >= 4 is 5.97 Å². The fourth-order valence-electron chi connectivity index (χ4n) is 1.50. The topological polar surface area (TPSA) is 49.8 Å². The molecule has 1 N–H and O–H groups in total. The number of rotatable bonds is 7. The number of carboxylic acid groups (broad SMARTS) is 1. The molecule has 0 radical (unpaired) electrons. The summed E-state index contributed by atoms with van der Waals surface area (Å²) >= 11 is 0. The third kappa shape index (κ3) is 3.92. The van der Waals surface area contributed by atoms with Crippen LogP contribution in [0, 0.1) is 0 Å². The van der Waals surface area contributed by atoms with Crippen LogP contribution in [0.3, 0.4) is 0 Å². The van der Waals surface area contributed by atoms with Crippen molar-refractivity contribution in [2.75, 3.05) is 0 Å². The van der Waals surface area contributed by atoms with Gasteiger partial charge in [0.25, 0.3) is 0 Å². The number of carboxylic acids is 1. The van der Waals surface area contributed by atoms with Crippen LogP contribution in [0.1, 0.15) is 39.0 Å². The Kier molecular flexibility index (Phi) is 4.14. The van der Waals surface area contributed by atoms with E-state index >= 15 is 0 Å². The average Bonchev–Trinajstić information content (AvgIpc) is 2.81. The van der Waals surface area contributed by atoms with Gasteiger partial charge in [-0.05, 0) is 26.2 Å². The minimum absolute atomic E-state index is 0.320. The lowest BCUT2D eigenvalue weighted by atomic mass is 10.1. The first-order valence-electron chi connectivity index (χ1n) is 5.18. The van der Waals surface area contributed by atoms with Gasteiger partial charge in [0.05, 0.1) is 12.2 Å². The van der Waals surface area contributed by atoms with Gasteiger partial charge in [-0.1, -0.05) is 19.4 Å². The van der Waals surface area contributed by atoms with Crippen LogP contribution in [0.25, 0.3) is 0 Å². The lowest BCUT2D eigenvalue weighted by Crippen LogP contribution is -1.98. The second kappa shape index (κ2) is 5.15. The molecule has 1 aliphatic rings. The average molecular weight is 198 g/mol. The van der Waals surface area contributed by atoms with E-state index in [0.717, 1.165) is 25.7 Å². The summed E-state index contributed by atoms with van der Waals surface area (Å²) in [5.41, 5.74) is 0.320. The summed E-state index contributed by atoms with van der Waals surface area (Å²) < 4.78 is 5.27. The van der Waals surface area contributed by atoms with Crippen molar-refractivity contribution in [2.24, 2.45) is 0 Å². The molecule has 0 bridgehead atoms. The lowest BCUT2D eigenvalue weighted by molar-refractivity contribution is -0.132. The monoisotopic (exact) mass is 198 g/mol. The van der Waals surface area contributed by atoms with Gasteiger partial charge < -0.3 is 9.84 Å². The fourth-order valence-corrected chi connectivity index (χ4v) is 1.50. The highest BCUT2D eigenvalue weighted by molar-refractivity contribution is 5.85. The molecule has 1 heterocycles. The number of unbranched alkanes of at least 4 members (excludes halogenated alkanes) is 2. The van der Waals surface area contributed by atoms with Crippen LogP contribution in [-0.2, 0) is 9.53 Å². The van der Waals surface area contributed by atoms with Gasteiger partial charge in [-0.3, -0.25) is 0 Å². The van der Waals surface area contributed by atoms with Gasteiger partial charge in [-0.15, -0.1) is 0 Å². The molecule has 0 aliphatic carbocycles. The predicted octanol–water partition coefficient (Wildman–Crippen LogP) is 2.36. The minimum atomic E-state index is -0.871. The maximum absolute atomic E-state index is 10.4. The first-order chi connectivity index (χ1) is 6.61. The molecule has 3 heteroatoms. The van der Waals surface area contributed by atoms with E-state index in [1.165, 1.54) is 0 Å². The molecule has 0 saturated carbocycles. The second-order valence-electron chi connectivity index (χ2n) is 3.89. The number of epoxide rings is 1. The highest BCUT2D eigenvalue weighted by Gasteiger charge is 2.32. The van der Waals surface area contributed by atoms with Crippen LogP contribution in [-0.4, -0.2) is 23.3 Å². The van der Waals surface area contributed by atoms with Crippen molar-refractivity contribution < 1.29 is 14.6 Å². The quantitative estimate of drug-likeness (QED) is 0.388. The number of carbonyl (C=O) groups is 1. The molecule has 2 unspecified atom stereocenters. The number of hydrogen-bond acceptors (Lipinski definition) is 2. The van der Waals surface area contributed by atoms with E-state index in [9.17, 15) is 4.79 Å². The maximum Gasteiger partial charge on any atom is 0.330 e. The fraction of sp³-hybridized carbons (Fsp3) is 0.727. The maximum atomic E-state index is 10.4. The molecule has 0 aromatic carbocycles. The van der Waals surface area contributed by atoms with Crippen LogP contribution >= 0.6 is 0 Å². The van der Waals surface area contributed by atoms with E-state index in [4.69, 9.17) is 9.84 Å². The molecule has 0 aromatic heterocycles. The summed E-state index contributed by atoms with van der Waals surface area (Å²) in [4.78, 5) is 10.4. The first kappa shape index (κ1) is 11.2. The Morgan fingerprint density at radius 3 is 2.57 bits per heavy atom. The zero-order chi connectivity index (χ0) is 10.6. The zero-order valence-corrected chi connectivity index (χ0v) is 8.66. The Bertz CT molecular complexity index is 223. The standard InChI is InChI=1S/C11H18O3/c1-8(11(12)13)6-4-3-5-7-10-9(2)14-10/h9-10H,1,3-7H2,2H3,(H,12,13). The highest BCUT2D eigenvalue weighted by atomic mass is 16.6. The van der Waals surface area contributed by atoms with Gasteiger partial charge in [-0.25, -0.2) is 4.79 Å². The molecule has 0 amide bonds. The lowest BCUT2D eigenvalue weighted by Gasteiger charge is -1.99. The SMILES string of the molecule is C=C(CCCCCC1OC1C)C(=O)O. The molecular weight excluding hydrogens is 180 g/mol. The molecule has 1 rings (SSSR count). The Morgan fingerprint density at radius 2 is 2.07 bits per heavy atom. The van der Waals surface area contributed by atoms with Gasteiger partial charge in [0, 0.05) is 5.57 Å². The molecular formula is C11H18O3. The largest absolute Gasteiger partial charge is 0.478 e. The van der Waals surface area contributed by atoms with Crippen molar-refractivity contribution in [2.45, 2.75) is 51.2 Å². The number of aliphatic carboxylic acids is 1. The van der Waals surface area contributed by atoms with E-state index in [1.54, 1.807) is 0 Å². The molecule has 0 spiro atoms. The van der Waals surface area contributed by atoms with Crippen molar-refractivity contribution in [3.63, 3.8) is 0 Å². The first-order valence-corrected chi connectivity index (χ1v) is 5.18. The Balaban J connectivity index is 1.89. The summed E-state index contributed by atoms with van der Waals surface area (Å²) in [6, 6.07) is 0. The van der Waals surface area contributed by atoms with Crippen molar-refractivity contribution in [1.82, 2.24) is 0 Å². The molecule has 14 heavy (non-hydrogen) atoms. The number of hydrogen-bond donors (Lipinski definition) is 1. The summed E-state index contributed by atoms with van der Waals surface area (Å²) in [5.74, 6) is -0.871. The van der Waals surface area contributed by atoms with Crippen LogP contribution in [0.15, 0.2) is 12.2 Å².